The summed E-state index contributed by atoms with van der Waals surface area (Å²) in [7, 11) is 0. The molecule has 0 aliphatic heterocycles. The van der Waals surface area contributed by atoms with Gasteiger partial charge < -0.3 is 15.2 Å². The molecule has 1 fully saturated rings. The van der Waals surface area contributed by atoms with Gasteiger partial charge in [0.1, 0.15) is 5.75 Å². The van der Waals surface area contributed by atoms with Crippen LogP contribution in [-0.2, 0) is 11.2 Å². The van der Waals surface area contributed by atoms with Crippen LogP contribution in [0.25, 0.3) is 0 Å². The molecule has 0 spiro atoms. The summed E-state index contributed by atoms with van der Waals surface area (Å²) in [5.41, 5.74) is 2.12. The topological polar surface area (TPSA) is 58.6 Å². The maximum atomic E-state index is 11.6. The second kappa shape index (κ2) is 5.21. The molecule has 0 saturated heterocycles. The van der Waals surface area contributed by atoms with Gasteiger partial charge in [-0.2, -0.15) is 0 Å². The number of rotatable bonds is 5. The van der Waals surface area contributed by atoms with E-state index < -0.39 is 0 Å². The second-order valence-electron chi connectivity index (χ2n) is 5.45. The zero-order chi connectivity index (χ0) is 13.2. The summed E-state index contributed by atoms with van der Waals surface area (Å²) in [5, 5.41) is 12.6. The molecular formula is C15H19NO3. The number of fused-ring (bicyclic) bond motifs is 1. The molecule has 2 aliphatic carbocycles. The molecule has 102 valence electrons. The van der Waals surface area contributed by atoms with E-state index in [1.807, 2.05) is 18.2 Å². The Morgan fingerprint density at radius 3 is 3.00 bits per heavy atom. The van der Waals surface area contributed by atoms with E-state index in [9.17, 15) is 9.90 Å². The minimum atomic E-state index is -0.342. The van der Waals surface area contributed by atoms with Crippen LogP contribution in [0, 0.1) is 5.92 Å². The minimum Gasteiger partial charge on any atom is -0.484 e. The first-order chi connectivity index (χ1) is 9.22. The number of carbonyl (C=O) groups excluding carboxylic acids is 1. The number of hydrogen-bond donors (Lipinski definition) is 2. The quantitative estimate of drug-likeness (QED) is 0.846. The number of amides is 1. The third kappa shape index (κ3) is 3.07. The molecule has 2 N–H and O–H groups in total. The van der Waals surface area contributed by atoms with Crippen LogP contribution >= 0.6 is 0 Å². The average Bonchev–Trinajstić information content (AvgIpc) is 3.18. The number of hydrogen-bond acceptors (Lipinski definition) is 3. The lowest BCUT2D eigenvalue weighted by Crippen LogP contribution is -2.30. The Morgan fingerprint density at radius 1 is 1.37 bits per heavy atom. The molecule has 1 saturated carbocycles. The number of ether oxygens (including phenoxy) is 1. The smallest absolute Gasteiger partial charge is 0.257 e. The highest BCUT2D eigenvalue weighted by molar-refractivity contribution is 5.77. The van der Waals surface area contributed by atoms with Crippen LogP contribution in [0.5, 0.6) is 5.75 Å². The molecule has 0 bridgehead atoms. The van der Waals surface area contributed by atoms with Crippen molar-refractivity contribution in [2.45, 2.75) is 31.8 Å². The highest BCUT2D eigenvalue weighted by Gasteiger charge is 2.22. The Balaban J connectivity index is 1.51. The second-order valence-corrected chi connectivity index (χ2v) is 5.45. The fraction of sp³-hybridized carbons (Fsp3) is 0.533. The SMILES string of the molecule is O=C(COc1ccc2c(c1)CCC2O)NCC1CC1. The summed E-state index contributed by atoms with van der Waals surface area (Å²) in [5.74, 6) is 1.33. The highest BCUT2D eigenvalue weighted by atomic mass is 16.5. The molecular weight excluding hydrogens is 242 g/mol. The van der Waals surface area contributed by atoms with Gasteiger partial charge in [0.15, 0.2) is 6.61 Å². The zero-order valence-corrected chi connectivity index (χ0v) is 10.9. The summed E-state index contributed by atoms with van der Waals surface area (Å²) >= 11 is 0. The van der Waals surface area contributed by atoms with Crippen molar-refractivity contribution < 1.29 is 14.6 Å². The van der Waals surface area contributed by atoms with E-state index in [0.29, 0.717) is 11.7 Å². The van der Waals surface area contributed by atoms with E-state index >= 15 is 0 Å². The van der Waals surface area contributed by atoms with Gasteiger partial charge in [-0.25, -0.2) is 0 Å². The summed E-state index contributed by atoms with van der Waals surface area (Å²) in [6.45, 7) is 0.840. The van der Waals surface area contributed by atoms with Crippen LogP contribution < -0.4 is 10.1 Å². The van der Waals surface area contributed by atoms with Gasteiger partial charge in [-0.05, 0) is 54.9 Å². The number of carbonyl (C=O) groups is 1. The molecule has 4 heteroatoms. The van der Waals surface area contributed by atoms with Crippen LogP contribution in [0.15, 0.2) is 18.2 Å². The largest absolute Gasteiger partial charge is 0.484 e. The predicted molar refractivity (Wildman–Crippen MR) is 71.0 cm³/mol. The molecule has 1 atom stereocenters. The molecule has 19 heavy (non-hydrogen) atoms. The first kappa shape index (κ1) is 12.5. The lowest BCUT2D eigenvalue weighted by Gasteiger charge is -2.09. The first-order valence-electron chi connectivity index (χ1n) is 6.93. The van der Waals surface area contributed by atoms with Crippen molar-refractivity contribution in [1.29, 1.82) is 0 Å². The predicted octanol–water partition coefficient (Wildman–Crippen LogP) is 1.57. The first-order valence-corrected chi connectivity index (χ1v) is 6.93. The fourth-order valence-electron chi connectivity index (χ4n) is 2.44. The Hall–Kier alpha value is -1.55. The van der Waals surface area contributed by atoms with E-state index in [2.05, 4.69) is 5.32 Å². The van der Waals surface area contributed by atoms with Gasteiger partial charge in [-0.3, -0.25) is 4.79 Å². The van der Waals surface area contributed by atoms with E-state index in [1.165, 1.54) is 12.8 Å². The average molecular weight is 261 g/mol. The fourth-order valence-corrected chi connectivity index (χ4v) is 2.44. The van der Waals surface area contributed by atoms with Crippen LogP contribution in [-0.4, -0.2) is 24.2 Å². The van der Waals surface area contributed by atoms with Gasteiger partial charge in [-0.1, -0.05) is 6.07 Å². The van der Waals surface area contributed by atoms with Crippen molar-refractivity contribution in [3.63, 3.8) is 0 Å². The van der Waals surface area contributed by atoms with Crippen molar-refractivity contribution in [2.75, 3.05) is 13.2 Å². The number of nitrogens with one attached hydrogen (secondary N) is 1. The molecule has 0 aromatic heterocycles. The molecule has 1 unspecified atom stereocenters. The number of aliphatic hydroxyl groups is 1. The molecule has 0 radical (unpaired) electrons. The van der Waals surface area contributed by atoms with E-state index in [0.717, 1.165) is 30.5 Å². The molecule has 4 nitrogen and oxygen atoms in total. The molecule has 1 aromatic rings. The van der Waals surface area contributed by atoms with Crippen molar-refractivity contribution in [1.82, 2.24) is 5.32 Å². The zero-order valence-electron chi connectivity index (χ0n) is 10.9. The van der Waals surface area contributed by atoms with Gasteiger partial charge >= 0.3 is 0 Å². The number of aryl methyl sites for hydroxylation is 1. The van der Waals surface area contributed by atoms with Crippen LogP contribution in [0.1, 0.15) is 36.5 Å². The summed E-state index contributed by atoms with van der Waals surface area (Å²) in [6, 6.07) is 5.64. The Morgan fingerprint density at radius 2 is 2.21 bits per heavy atom. The molecule has 1 aromatic carbocycles. The minimum absolute atomic E-state index is 0.0626. The Labute approximate surface area is 112 Å². The van der Waals surface area contributed by atoms with Crippen molar-refractivity contribution in [3.8, 4) is 5.75 Å². The van der Waals surface area contributed by atoms with Gasteiger partial charge in [0.25, 0.3) is 5.91 Å². The van der Waals surface area contributed by atoms with Gasteiger partial charge in [0.2, 0.25) is 0 Å². The van der Waals surface area contributed by atoms with E-state index in [4.69, 9.17) is 4.74 Å². The summed E-state index contributed by atoms with van der Waals surface area (Å²) < 4.78 is 5.49. The third-order valence-corrected chi connectivity index (χ3v) is 3.82. The lowest BCUT2D eigenvalue weighted by molar-refractivity contribution is -0.123. The Bertz CT molecular complexity index is 482. The lowest BCUT2D eigenvalue weighted by atomic mass is 10.1. The standard InChI is InChI=1S/C15H19NO3/c17-14-6-3-11-7-12(4-5-13(11)14)19-9-15(18)16-8-10-1-2-10/h4-5,7,10,14,17H,1-3,6,8-9H2,(H,16,18). The molecule has 3 rings (SSSR count). The summed E-state index contributed by atoms with van der Waals surface area (Å²) in [4.78, 5) is 11.6. The van der Waals surface area contributed by atoms with Crippen molar-refractivity contribution >= 4 is 5.91 Å². The highest BCUT2D eigenvalue weighted by Crippen LogP contribution is 2.33. The molecule has 2 aliphatic rings. The van der Waals surface area contributed by atoms with E-state index in [1.54, 1.807) is 0 Å². The number of benzene rings is 1. The summed E-state index contributed by atoms with van der Waals surface area (Å²) in [6.07, 6.45) is 3.77. The monoisotopic (exact) mass is 261 g/mol. The van der Waals surface area contributed by atoms with Crippen molar-refractivity contribution in [2.24, 2.45) is 5.92 Å². The maximum Gasteiger partial charge on any atom is 0.257 e. The van der Waals surface area contributed by atoms with Gasteiger partial charge in [0.05, 0.1) is 6.10 Å². The molecule has 1 amide bonds. The van der Waals surface area contributed by atoms with Crippen LogP contribution in [0.3, 0.4) is 0 Å². The maximum absolute atomic E-state index is 11.6. The molecule has 0 heterocycles. The van der Waals surface area contributed by atoms with Gasteiger partial charge in [0, 0.05) is 6.54 Å². The van der Waals surface area contributed by atoms with E-state index in [-0.39, 0.29) is 18.6 Å². The Kier molecular flexibility index (Phi) is 3.42. The van der Waals surface area contributed by atoms with Crippen molar-refractivity contribution in [3.05, 3.63) is 29.3 Å². The third-order valence-electron chi connectivity index (χ3n) is 3.82. The normalized spacial score (nSPS) is 21.0. The van der Waals surface area contributed by atoms with Gasteiger partial charge in [-0.15, -0.1) is 0 Å². The number of aliphatic hydroxyl groups excluding tert-OH is 1. The van der Waals surface area contributed by atoms with Crippen LogP contribution in [0.2, 0.25) is 0 Å². The van der Waals surface area contributed by atoms with Crippen LogP contribution in [0.4, 0.5) is 0 Å².